The van der Waals surface area contributed by atoms with E-state index in [4.69, 9.17) is 17.4 Å². The molecule has 1 aromatic heterocycles. The molecule has 2 heterocycles. The van der Waals surface area contributed by atoms with E-state index >= 15 is 0 Å². The fraction of sp³-hybridized carbons (Fsp3) is 0.409. The summed E-state index contributed by atoms with van der Waals surface area (Å²) in [6, 6.07) is 3.64. The number of alkyl halides is 6. The van der Waals surface area contributed by atoms with Crippen LogP contribution >= 0.6 is 11.6 Å². The number of nitrogens with two attached hydrogens (primary N) is 1. The average Bonchev–Trinajstić information content (AvgIpc) is 2.80. The van der Waals surface area contributed by atoms with E-state index in [2.05, 4.69) is 25.7 Å². The molecule has 0 bridgehead atoms. The van der Waals surface area contributed by atoms with E-state index in [1.807, 2.05) is 0 Å². The number of halogens is 7. The minimum absolute atomic E-state index is 0.0352. The van der Waals surface area contributed by atoms with Gasteiger partial charge in [-0.3, -0.25) is 14.6 Å². The predicted octanol–water partition coefficient (Wildman–Crippen LogP) is 3.37. The number of nitrogens with zero attached hydrogens (tertiary/aromatic N) is 4. The molecule has 38 heavy (non-hydrogen) atoms. The zero-order valence-corrected chi connectivity index (χ0v) is 20.5. The highest BCUT2D eigenvalue weighted by Gasteiger charge is 2.35. The predicted molar refractivity (Wildman–Crippen MR) is 129 cm³/mol. The lowest BCUT2D eigenvalue weighted by molar-refractivity contribution is -0.141. The molecule has 4 N–H and O–H groups in total. The first-order valence-electron chi connectivity index (χ1n) is 11.0. The third-order valence-electron chi connectivity index (χ3n) is 5.51. The topological polar surface area (TPSA) is 125 Å². The Labute approximate surface area is 217 Å². The van der Waals surface area contributed by atoms with E-state index in [9.17, 15) is 35.9 Å². The molecule has 1 fully saturated rings. The van der Waals surface area contributed by atoms with Gasteiger partial charge in [-0.15, -0.1) is 0 Å². The van der Waals surface area contributed by atoms with Crippen molar-refractivity contribution in [3.63, 3.8) is 0 Å². The van der Waals surface area contributed by atoms with Crippen LogP contribution in [-0.4, -0.2) is 71.5 Å². The normalized spacial score (nSPS) is 19.2. The van der Waals surface area contributed by atoms with E-state index in [0.717, 1.165) is 6.07 Å². The van der Waals surface area contributed by atoms with E-state index < -0.39 is 48.3 Å². The molecular formula is C22H22ClF6N7O2. The quantitative estimate of drug-likeness (QED) is 0.214. The number of aromatic nitrogens is 1. The van der Waals surface area contributed by atoms with Crippen LogP contribution in [-0.2, 0) is 15.8 Å². The number of hydrogen-bond acceptors (Lipinski definition) is 7. The maximum Gasteiger partial charge on any atom is 0.433 e. The molecule has 1 aliphatic rings. The summed E-state index contributed by atoms with van der Waals surface area (Å²) in [7, 11) is 0. The van der Waals surface area contributed by atoms with Crippen molar-refractivity contribution in [3.05, 3.63) is 35.0 Å². The Balaban J connectivity index is 1.84. The van der Waals surface area contributed by atoms with Gasteiger partial charge in [-0.1, -0.05) is 11.6 Å². The van der Waals surface area contributed by atoms with Gasteiger partial charge >= 0.3 is 12.4 Å². The summed E-state index contributed by atoms with van der Waals surface area (Å²) in [6.45, 7) is -0.135. The number of amides is 2. The van der Waals surface area contributed by atoms with Crippen molar-refractivity contribution in [1.29, 1.82) is 0 Å². The SMILES string of the molecule is CC(=O)N1C[C@@H](NC(=O)/C(C=NCC(F)(F)F)=N/N)C[C@@H](Nc2cc(C(F)(F)F)nc3ccc(Cl)cc23)C1. The molecule has 0 saturated carbocycles. The number of anilines is 1. The second-order valence-electron chi connectivity index (χ2n) is 8.48. The first-order chi connectivity index (χ1) is 17.7. The van der Waals surface area contributed by atoms with Gasteiger partial charge in [0, 0.05) is 48.2 Å². The number of likely N-dealkylation sites (tertiary alicyclic amines) is 1. The Hall–Kier alpha value is -3.62. The third-order valence-corrected chi connectivity index (χ3v) is 5.74. The van der Waals surface area contributed by atoms with Crippen molar-refractivity contribution in [2.24, 2.45) is 15.9 Å². The standard InChI is InChI=1S/C22H22ClF6N7O2/c1-11(37)36-8-13(5-14(9-36)33-20(38)18(35-30)7-31-10-21(24,25)26)32-17-6-19(22(27,28)29)34-16-3-2-12(23)4-15(16)17/h2-4,6-7,13-14H,5,8-10,30H2,1H3,(H,32,34)(H,33,38)/b31-7?,35-18+/t13-,14+/m1/s1. The van der Waals surface area contributed by atoms with E-state index in [-0.39, 0.29) is 41.6 Å². The van der Waals surface area contributed by atoms with Crippen LogP contribution in [0.2, 0.25) is 5.02 Å². The van der Waals surface area contributed by atoms with Gasteiger partial charge in [0.15, 0.2) is 5.71 Å². The molecule has 1 aromatic carbocycles. The zero-order valence-electron chi connectivity index (χ0n) is 19.7. The number of carbonyl (C=O) groups is 2. The van der Waals surface area contributed by atoms with Crippen LogP contribution < -0.4 is 16.5 Å². The maximum absolute atomic E-state index is 13.5. The van der Waals surface area contributed by atoms with Crippen molar-refractivity contribution in [3.8, 4) is 0 Å². The van der Waals surface area contributed by atoms with Gasteiger partial charge in [-0.25, -0.2) is 4.98 Å². The number of hydrogen-bond donors (Lipinski definition) is 3. The fourth-order valence-electron chi connectivity index (χ4n) is 3.89. The van der Waals surface area contributed by atoms with E-state index in [1.165, 1.54) is 30.0 Å². The van der Waals surface area contributed by atoms with Crippen LogP contribution in [0.4, 0.5) is 32.0 Å². The van der Waals surface area contributed by atoms with Gasteiger partial charge in [-0.2, -0.15) is 31.4 Å². The Kier molecular flexibility index (Phi) is 8.69. The summed E-state index contributed by atoms with van der Waals surface area (Å²) >= 11 is 6.04. The lowest BCUT2D eigenvalue weighted by Crippen LogP contribution is -2.56. The van der Waals surface area contributed by atoms with Gasteiger partial charge in [-0.05, 0) is 30.7 Å². The Morgan fingerprint density at radius 2 is 1.87 bits per heavy atom. The lowest BCUT2D eigenvalue weighted by atomic mass is 9.99. The summed E-state index contributed by atoms with van der Waals surface area (Å²) in [4.78, 5) is 32.8. The van der Waals surface area contributed by atoms with Crippen LogP contribution in [0.25, 0.3) is 10.9 Å². The largest absolute Gasteiger partial charge is 0.433 e. The molecule has 2 amide bonds. The Morgan fingerprint density at radius 1 is 1.18 bits per heavy atom. The smallest absolute Gasteiger partial charge is 0.380 e. The number of benzene rings is 1. The number of carbonyl (C=O) groups excluding carboxylic acids is 2. The van der Waals surface area contributed by atoms with Crippen LogP contribution in [0.15, 0.2) is 34.4 Å². The van der Waals surface area contributed by atoms with E-state index in [1.54, 1.807) is 0 Å². The first-order valence-corrected chi connectivity index (χ1v) is 11.4. The summed E-state index contributed by atoms with van der Waals surface area (Å²) in [5, 5.41) is 9.26. The highest BCUT2D eigenvalue weighted by atomic mass is 35.5. The molecule has 16 heteroatoms. The van der Waals surface area contributed by atoms with Crippen LogP contribution in [0.3, 0.4) is 0 Å². The van der Waals surface area contributed by atoms with Gasteiger partial charge in [0.2, 0.25) is 5.91 Å². The van der Waals surface area contributed by atoms with Crippen molar-refractivity contribution >= 4 is 51.9 Å². The summed E-state index contributed by atoms with van der Waals surface area (Å²) in [5.41, 5.74) is -1.62. The molecule has 2 atom stereocenters. The van der Waals surface area contributed by atoms with Crippen LogP contribution in [0.1, 0.15) is 19.0 Å². The number of aliphatic imine (C=N–C) groups is 1. The second kappa shape index (κ2) is 11.4. The molecule has 0 unspecified atom stereocenters. The average molecular weight is 566 g/mol. The molecule has 0 spiro atoms. The molecule has 1 aliphatic heterocycles. The highest BCUT2D eigenvalue weighted by Crippen LogP contribution is 2.34. The Morgan fingerprint density at radius 3 is 2.47 bits per heavy atom. The lowest BCUT2D eigenvalue weighted by Gasteiger charge is -2.38. The summed E-state index contributed by atoms with van der Waals surface area (Å²) in [6.07, 6.45) is -8.61. The van der Waals surface area contributed by atoms with Gasteiger partial charge in [0.1, 0.15) is 12.2 Å². The van der Waals surface area contributed by atoms with E-state index in [0.29, 0.717) is 11.6 Å². The summed E-state index contributed by atoms with van der Waals surface area (Å²) < 4.78 is 77.4. The number of nitrogens with one attached hydrogen (secondary N) is 2. The van der Waals surface area contributed by atoms with Crippen molar-refractivity contribution in [2.75, 3.05) is 25.0 Å². The number of piperidine rings is 1. The number of fused-ring (bicyclic) bond motifs is 1. The highest BCUT2D eigenvalue weighted by molar-refractivity contribution is 6.60. The Bertz CT molecular complexity index is 1270. The van der Waals surface area contributed by atoms with Crippen LogP contribution in [0, 0.1) is 0 Å². The molecular weight excluding hydrogens is 544 g/mol. The third kappa shape index (κ3) is 7.69. The van der Waals surface area contributed by atoms with Crippen molar-refractivity contribution in [1.82, 2.24) is 15.2 Å². The van der Waals surface area contributed by atoms with Crippen molar-refractivity contribution < 1.29 is 35.9 Å². The first kappa shape index (κ1) is 28.9. The minimum Gasteiger partial charge on any atom is -0.380 e. The molecule has 3 rings (SSSR count). The zero-order chi connectivity index (χ0) is 28.3. The monoisotopic (exact) mass is 565 g/mol. The molecule has 0 aliphatic carbocycles. The molecule has 9 nitrogen and oxygen atoms in total. The molecule has 0 radical (unpaired) electrons. The molecule has 1 saturated heterocycles. The molecule has 206 valence electrons. The van der Waals surface area contributed by atoms with Gasteiger partial charge < -0.3 is 21.4 Å². The maximum atomic E-state index is 13.5. The number of pyridine rings is 1. The van der Waals surface area contributed by atoms with Gasteiger partial charge in [0.05, 0.1) is 11.7 Å². The summed E-state index contributed by atoms with van der Waals surface area (Å²) in [5.74, 6) is 3.81. The van der Waals surface area contributed by atoms with Gasteiger partial charge in [0.25, 0.3) is 5.91 Å². The van der Waals surface area contributed by atoms with Crippen LogP contribution in [0.5, 0.6) is 0 Å². The number of hydrazone groups is 1. The van der Waals surface area contributed by atoms with Crippen molar-refractivity contribution in [2.45, 2.75) is 37.8 Å². The second-order valence-corrected chi connectivity index (χ2v) is 8.92. The number of rotatable bonds is 6. The fourth-order valence-corrected chi connectivity index (χ4v) is 4.07. The minimum atomic E-state index is -4.73. The molecule has 2 aromatic rings.